The van der Waals surface area contributed by atoms with Crippen LogP contribution in [0.25, 0.3) is 0 Å². The molecule has 3 N–H and O–H groups in total. The summed E-state index contributed by atoms with van der Waals surface area (Å²) in [5, 5.41) is 27.5. The van der Waals surface area contributed by atoms with Crippen molar-refractivity contribution in [1.82, 2.24) is 5.32 Å². The number of aliphatic hydroxyl groups is 1. The minimum atomic E-state index is -1.14. The predicted molar refractivity (Wildman–Crippen MR) is 67.9 cm³/mol. The second-order valence-corrected chi connectivity index (χ2v) is 3.88. The molecule has 0 heterocycles. The Morgan fingerprint density at radius 2 is 1.89 bits per heavy atom. The molecule has 1 atom stereocenters. The van der Waals surface area contributed by atoms with E-state index in [1.54, 1.807) is 24.3 Å². The van der Waals surface area contributed by atoms with E-state index >= 15 is 0 Å². The van der Waals surface area contributed by atoms with E-state index in [0.29, 0.717) is 0 Å². The fraction of sp³-hybridized carbons (Fsp3) is 0.385. The Balaban J connectivity index is 0.000000494. The van der Waals surface area contributed by atoms with Crippen molar-refractivity contribution in [2.75, 3.05) is 6.61 Å². The van der Waals surface area contributed by atoms with Crippen LogP contribution in [-0.2, 0) is 0 Å². The van der Waals surface area contributed by atoms with Gasteiger partial charge in [-0.05, 0) is 19.4 Å². The molecule has 5 nitrogen and oxygen atoms in total. The minimum Gasteiger partial charge on any atom is -0.465 e. The standard InChI is InChI=1S/C9H11NO3.C4H7N/c11-6-8(10-9(12)13)7-4-2-1-3-5-7;1-4(2)3-5/h1-5,8,10-11H,6H2,(H,12,13);4H,1-2H3. The predicted octanol–water partition coefficient (Wildman–Crippen LogP) is 2.15. The number of nitrogens with zero attached hydrogens (tertiary/aromatic N) is 1. The molecule has 5 heteroatoms. The summed E-state index contributed by atoms with van der Waals surface area (Å²) in [4.78, 5) is 10.3. The van der Waals surface area contributed by atoms with Crippen LogP contribution in [0.2, 0.25) is 0 Å². The van der Waals surface area contributed by atoms with Gasteiger partial charge in [0.15, 0.2) is 0 Å². The maximum atomic E-state index is 10.3. The Hall–Kier alpha value is -2.06. The summed E-state index contributed by atoms with van der Waals surface area (Å²) in [6.07, 6.45) is -1.14. The summed E-state index contributed by atoms with van der Waals surface area (Å²) in [7, 11) is 0. The summed E-state index contributed by atoms with van der Waals surface area (Å²) in [5.74, 6) is 0.190. The third-order valence-corrected chi connectivity index (χ3v) is 1.94. The number of hydrogen-bond acceptors (Lipinski definition) is 3. The third-order valence-electron chi connectivity index (χ3n) is 1.94. The number of carbonyl (C=O) groups is 1. The van der Waals surface area contributed by atoms with E-state index in [0.717, 1.165) is 5.56 Å². The van der Waals surface area contributed by atoms with Crippen molar-refractivity contribution in [3.8, 4) is 6.07 Å². The van der Waals surface area contributed by atoms with Gasteiger partial charge in [0.2, 0.25) is 0 Å². The highest BCUT2D eigenvalue weighted by Gasteiger charge is 2.11. The van der Waals surface area contributed by atoms with Gasteiger partial charge in [-0.25, -0.2) is 4.79 Å². The van der Waals surface area contributed by atoms with Gasteiger partial charge in [-0.2, -0.15) is 5.26 Å². The van der Waals surface area contributed by atoms with Crippen molar-refractivity contribution in [2.24, 2.45) is 5.92 Å². The minimum absolute atomic E-state index is 0.190. The number of rotatable bonds is 3. The van der Waals surface area contributed by atoms with Gasteiger partial charge in [0, 0.05) is 5.92 Å². The molecule has 0 aliphatic rings. The van der Waals surface area contributed by atoms with Gasteiger partial charge in [0.25, 0.3) is 0 Å². The first-order chi connectivity index (χ1) is 8.51. The molecule has 1 rings (SSSR count). The lowest BCUT2D eigenvalue weighted by molar-refractivity contribution is 0.177. The summed E-state index contributed by atoms with van der Waals surface area (Å²) in [6.45, 7) is 3.48. The van der Waals surface area contributed by atoms with Crippen LogP contribution in [0.1, 0.15) is 25.5 Å². The highest BCUT2D eigenvalue weighted by molar-refractivity contribution is 5.65. The zero-order valence-corrected chi connectivity index (χ0v) is 10.5. The Kier molecular flexibility index (Phi) is 7.99. The molecule has 0 aliphatic carbocycles. The van der Waals surface area contributed by atoms with Crippen LogP contribution in [0.15, 0.2) is 30.3 Å². The molecule has 1 aromatic carbocycles. The summed E-state index contributed by atoms with van der Waals surface area (Å²) in [5.41, 5.74) is 0.757. The molecule has 98 valence electrons. The number of nitriles is 1. The maximum Gasteiger partial charge on any atom is 0.405 e. The van der Waals surface area contributed by atoms with E-state index in [1.165, 1.54) is 0 Å². The third kappa shape index (κ3) is 7.25. The molecule has 0 aromatic heterocycles. The van der Waals surface area contributed by atoms with Crippen LogP contribution in [0, 0.1) is 17.2 Å². The van der Waals surface area contributed by atoms with Gasteiger partial charge >= 0.3 is 6.09 Å². The van der Waals surface area contributed by atoms with Crippen LogP contribution in [0.3, 0.4) is 0 Å². The zero-order valence-electron chi connectivity index (χ0n) is 10.5. The molecule has 0 fully saturated rings. The topological polar surface area (TPSA) is 93.4 Å². The zero-order chi connectivity index (χ0) is 14.0. The number of nitrogens with one attached hydrogen (secondary N) is 1. The van der Waals surface area contributed by atoms with Crippen LogP contribution in [0.4, 0.5) is 4.79 Å². The molecule has 18 heavy (non-hydrogen) atoms. The number of hydrogen-bond donors (Lipinski definition) is 3. The average molecular weight is 250 g/mol. The van der Waals surface area contributed by atoms with Crippen molar-refractivity contribution in [3.05, 3.63) is 35.9 Å². The first kappa shape index (κ1) is 15.9. The highest BCUT2D eigenvalue weighted by Crippen LogP contribution is 2.10. The number of aliphatic hydroxyl groups excluding tert-OH is 1. The summed E-state index contributed by atoms with van der Waals surface area (Å²) < 4.78 is 0. The first-order valence-corrected chi connectivity index (χ1v) is 5.56. The maximum absolute atomic E-state index is 10.3. The van der Waals surface area contributed by atoms with Crippen molar-refractivity contribution < 1.29 is 15.0 Å². The number of benzene rings is 1. The normalized spacial score (nSPS) is 10.8. The SMILES string of the molecule is CC(C)C#N.O=C(O)NC(CO)c1ccccc1. The second-order valence-electron chi connectivity index (χ2n) is 3.88. The first-order valence-electron chi connectivity index (χ1n) is 5.56. The quantitative estimate of drug-likeness (QED) is 0.766. The molecule has 0 bridgehead atoms. The Morgan fingerprint density at radius 3 is 2.22 bits per heavy atom. The van der Waals surface area contributed by atoms with Crippen molar-refractivity contribution >= 4 is 6.09 Å². The Labute approximate surface area is 107 Å². The molecule has 1 aromatic rings. The van der Waals surface area contributed by atoms with Gasteiger partial charge in [-0.15, -0.1) is 0 Å². The van der Waals surface area contributed by atoms with E-state index in [2.05, 4.69) is 5.32 Å². The van der Waals surface area contributed by atoms with Crippen LogP contribution >= 0.6 is 0 Å². The molecule has 0 aliphatic heterocycles. The van der Waals surface area contributed by atoms with Crippen LogP contribution in [-0.4, -0.2) is 22.9 Å². The van der Waals surface area contributed by atoms with Gasteiger partial charge in [-0.1, -0.05) is 30.3 Å². The van der Waals surface area contributed by atoms with Gasteiger partial charge in [0.05, 0.1) is 18.7 Å². The molecule has 0 saturated carbocycles. The lowest BCUT2D eigenvalue weighted by atomic mass is 10.1. The van der Waals surface area contributed by atoms with E-state index in [9.17, 15) is 4.79 Å². The summed E-state index contributed by atoms with van der Waals surface area (Å²) in [6, 6.07) is 10.4. The lowest BCUT2D eigenvalue weighted by Crippen LogP contribution is -2.29. The molecular weight excluding hydrogens is 232 g/mol. The lowest BCUT2D eigenvalue weighted by Gasteiger charge is -2.13. The Morgan fingerprint density at radius 1 is 1.39 bits per heavy atom. The molecule has 1 amide bonds. The fourth-order valence-corrected chi connectivity index (χ4v) is 1.07. The second kappa shape index (κ2) is 9.02. The van der Waals surface area contributed by atoms with Crippen LogP contribution < -0.4 is 5.32 Å². The fourth-order valence-electron chi connectivity index (χ4n) is 1.07. The van der Waals surface area contributed by atoms with Gasteiger partial charge in [0.1, 0.15) is 0 Å². The number of amides is 1. The Bertz CT molecular complexity index is 385. The molecule has 0 spiro atoms. The average Bonchev–Trinajstić information content (AvgIpc) is 2.37. The van der Waals surface area contributed by atoms with E-state index in [1.807, 2.05) is 26.0 Å². The molecule has 0 saturated heterocycles. The van der Waals surface area contributed by atoms with E-state index in [4.69, 9.17) is 15.5 Å². The monoisotopic (exact) mass is 250 g/mol. The van der Waals surface area contributed by atoms with Crippen molar-refractivity contribution in [1.29, 1.82) is 5.26 Å². The largest absolute Gasteiger partial charge is 0.465 e. The van der Waals surface area contributed by atoms with Gasteiger partial charge < -0.3 is 15.5 Å². The molecule has 0 radical (unpaired) electrons. The van der Waals surface area contributed by atoms with Gasteiger partial charge in [-0.3, -0.25) is 0 Å². The summed E-state index contributed by atoms with van der Waals surface area (Å²) >= 11 is 0. The smallest absolute Gasteiger partial charge is 0.405 e. The van der Waals surface area contributed by atoms with E-state index in [-0.39, 0.29) is 12.5 Å². The number of carboxylic acid groups (broad SMARTS) is 1. The molecular formula is C13H18N2O3. The van der Waals surface area contributed by atoms with E-state index < -0.39 is 12.1 Å². The highest BCUT2D eigenvalue weighted by atomic mass is 16.4. The molecule has 1 unspecified atom stereocenters. The van der Waals surface area contributed by atoms with Crippen molar-refractivity contribution in [3.63, 3.8) is 0 Å². The van der Waals surface area contributed by atoms with Crippen molar-refractivity contribution in [2.45, 2.75) is 19.9 Å². The van der Waals surface area contributed by atoms with Crippen LogP contribution in [0.5, 0.6) is 0 Å².